The summed E-state index contributed by atoms with van der Waals surface area (Å²) in [6.45, 7) is 3.28. The zero-order chi connectivity index (χ0) is 17.2. The van der Waals surface area contributed by atoms with Crippen LogP contribution in [-0.4, -0.2) is 31.7 Å². The van der Waals surface area contributed by atoms with E-state index in [1.807, 2.05) is 0 Å². The molecule has 24 heavy (non-hydrogen) atoms. The van der Waals surface area contributed by atoms with Crippen molar-refractivity contribution in [1.29, 1.82) is 0 Å². The van der Waals surface area contributed by atoms with Crippen LogP contribution in [0.5, 0.6) is 0 Å². The van der Waals surface area contributed by atoms with Crippen LogP contribution in [0, 0.1) is 6.92 Å². The maximum absolute atomic E-state index is 12.4. The highest BCUT2D eigenvalue weighted by Gasteiger charge is 2.26. The molecule has 0 atom stereocenters. The molecule has 0 aliphatic carbocycles. The van der Waals surface area contributed by atoms with Crippen molar-refractivity contribution >= 4 is 15.9 Å². The molecular weight excluding hydrogens is 328 g/mol. The number of carbonyl (C=O) groups excluding carboxylic acids is 1. The van der Waals surface area contributed by atoms with Crippen molar-refractivity contribution in [2.24, 2.45) is 0 Å². The monoisotopic (exact) mass is 348 g/mol. The van der Waals surface area contributed by atoms with E-state index in [9.17, 15) is 13.2 Å². The maximum Gasteiger partial charge on any atom is 0.287 e. The Balaban J connectivity index is 1.64. The molecule has 1 saturated heterocycles. The van der Waals surface area contributed by atoms with Gasteiger partial charge in [0.2, 0.25) is 10.0 Å². The molecule has 1 aromatic carbocycles. The zero-order valence-corrected chi connectivity index (χ0v) is 14.3. The first-order valence-corrected chi connectivity index (χ1v) is 9.34. The number of carbonyl (C=O) groups is 1. The summed E-state index contributed by atoms with van der Waals surface area (Å²) in [4.78, 5) is 12.3. The molecule has 0 saturated carbocycles. The largest absolute Gasteiger partial charge is 0.459 e. The quantitative estimate of drug-likeness (QED) is 0.899. The summed E-state index contributed by atoms with van der Waals surface area (Å²) in [5, 5.41) is 2.76. The smallest absolute Gasteiger partial charge is 0.287 e. The summed E-state index contributed by atoms with van der Waals surface area (Å²) in [6, 6.07) is 8.35. The molecule has 7 heteroatoms. The molecule has 1 aliphatic heterocycles. The summed E-state index contributed by atoms with van der Waals surface area (Å²) >= 11 is 0. The number of rotatable bonds is 5. The molecule has 1 aromatic heterocycles. The van der Waals surface area contributed by atoms with Crippen LogP contribution in [0.2, 0.25) is 0 Å². The SMILES string of the molecule is Cc1ccoc1C(=O)NCc1ccc(S(=O)(=O)N2CCCC2)cc1. The minimum absolute atomic E-state index is 0.286. The molecule has 1 aliphatic rings. The summed E-state index contributed by atoms with van der Waals surface area (Å²) in [7, 11) is -3.40. The van der Waals surface area contributed by atoms with Crippen LogP contribution in [0.1, 0.15) is 34.5 Å². The van der Waals surface area contributed by atoms with E-state index in [-0.39, 0.29) is 5.91 Å². The first-order valence-electron chi connectivity index (χ1n) is 7.90. The van der Waals surface area contributed by atoms with Gasteiger partial charge in [-0.05, 0) is 43.5 Å². The second-order valence-electron chi connectivity index (χ2n) is 5.87. The van der Waals surface area contributed by atoms with Gasteiger partial charge in [-0.25, -0.2) is 8.42 Å². The third kappa shape index (κ3) is 3.37. The Kier molecular flexibility index (Phi) is 4.73. The van der Waals surface area contributed by atoms with Crippen LogP contribution in [0.4, 0.5) is 0 Å². The van der Waals surface area contributed by atoms with Gasteiger partial charge in [0.25, 0.3) is 5.91 Å². The Morgan fingerprint density at radius 1 is 1.17 bits per heavy atom. The number of sulfonamides is 1. The first-order chi connectivity index (χ1) is 11.5. The van der Waals surface area contributed by atoms with E-state index in [0.717, 1.165) is 24.0 Å². The van der Waals surface area contributed by atoms with Crippen LogP contribution in [0.25, 0.3) is 0 Å². The predicted molar refractivity (Wildman–Crippen MR) is 89.1 cm³/mol. The van der Waals surface area contributed by atoms with E-state index in [1.165, 1.54) is 10.6 Å². The second-order valence-corrected chi connectivity index (χ2v) is 7.81. The van der Waals surface area contributed by atoms with Gasteiger partial charge >= 0.3 is 0 Å². The van der Waals surface area contributed by atoms with Gasteiger partial charge in [0.15, 0.2) is 5.76 Å². The van der Waals surface area contributed by atoms with E-state index in [1.54, 1.807) is 37.3 Å². The lowest BCUT2D eigenvalue weighted by Crippen LogP contribution is -2.28. The summed E-state index contributed by atoms with van der Waals surface area (Å²) in [5.74, 6) is 0.00879. The predicted octanol–water partition coefficient (Wildman–Crippen LogP) is 2.30. The molecule has 1 amide bonds. The number of nitrogens with one attached hydrogen (secondary N) is 1. The first kappa shape index (κ1) is 16.7. The highest BCUT2D eigenvalue weighted by atomic mass is 32.2. The Labute approximate surface area is 141 Å². The van der Waals surface area contributed by atoms with E-state index in [0.29, 0.717) is 30.3 Å². The van der Waals surface area contributed by atoms with Gasteiger partial charge in [0, 0.05) is 25.2 Å². The number of benzene rings is 1. The van der Waals surface area contributed by atoms with Crippen molar-refractivity contribution in [2.75, 3.05) is 13.1 Å². The molecule has 0 unspecified atom stereocenters. The lowest BCUT2D eigenvalue weighted by Gasteiger charge is -2.15. The highest BCUT2D eigenvalue weighted by molar-refractivity contribution is 7.89. The fourth-order valence-corrected chi connectivity index (χ4v) is 4.24. The summed E-state index contributed by atoms with van der Waals surface area (Å²) in [5.41, 5.74) is 1.60. The van der Waals surface area contributed by atoms with Crippen molar-refractivity contribution in [3.8, 4) is 0 Å². The van der Waals surface area contributed by atoms with Gasteiger partial charge in [-0.1, -0.05) is 12.1 Å². The Bertz CT molecular complexity index is 819. The average Bonchev–Trinajstić information content (AvgIpc) is 3.24. The molecule has 128 valence electrons. The van der Waals surface area contributed by atoms with Gasteiger partial charge in [0.05, 0.1) is 11.2 Å². The normalized spacial score (nSPS) is 15.5. The summed E-state index contributed by atoms with van der Waals surface area (Å²) < 4.78 is 31.6. The van der Waals surface area contributed by atoms with Crippen LogP contribution in [0.15, 0.2) is 45.9 Å². The van der Waals surface area contributed by atoms with E-state index >= 15 is 0 Å². The average molecular weight is 348 g/mol. The summed E-state index contributed by atoms with van der Waals surface area (Å²) in [6.07, 6.45) is 3.30. The molecule has 6 nitrogen and oxygen atoms in total. The number of hydrogen-bond donors (Lipinski definition) is 1. The lowest BCUT2D eigenvalue weighted by atomic mass is 10.2. The van der Waals surface area contributed by atoms with E-state index in [2.05, 4.69) is 5.32 Å². The van der Waals surface area contributed by atoms with Crippen LogP contribution in [-0.2, 0) is 16.6 Å². The molecule has 3 rings (SSSR count). The molecule has 2 aromatic rings. The van der Waals surface area contributed by atoms with E-state index < -0.39 is 10.0 Å². The van der Waals surface area contributed by atoms with Crippen LogP contribution < -0.4 is 5.32 Å². The topological polar surface area (TPSA) is 79.6 Å². The van der Waals surface area contributed by atoms with Crippen molar-refractivity contribution in [3.05, 3.63) is 53.5 Å². The number of hydrogen-bond acceptors (Lipinski definition) is 4. The fourth-order valence-electron chi connectivity index (χ4n) is 2.72. The Hall–Kier alpha value is -2.12. The van der Waals surface area contributed by atoms with Gasteiger partial charge in [-0.3, -0.25) is 4.79 Å². The van der Waals surface area contributed by atoms with Crippen molar-refractivity contribution in [2.45, 2.75) is 31.2 Å². The lowest BCUT2D eigenvalue weighted by molar-refractivity contribution is 0.0922. The van der Waals surface area contributed by atoms with Gasteiger partial charge in [-0.2, -0.15) is 4.31 Å². The van der Waals surface area contributed by atoms with E-state index in [4.69, 9.17) is 4.42 Å². The third-order valence-corrected chi connectivity index (χ3v) is 6.06. The van der Waals surface area contributed by atoms with Gasteiger partial charge < -0.3 is 9.73 Å². The number of amides is 1. The Morgan fingerprint density at radius 3 is 2.42 bits per heavy atom. The molecule has 1 fully saturated rings. The standard InChI is InChI=1S/C17H20N2O4S/c1-13-8-11-23-16(13)17(20)18-12-14-4-6-15(7-5-14)24(21,22)19-9-2-3-10-19/h4-8,11H,2-3,9-10,12H2,1H3,(H,18,20). The molecular formula is C17H20N2O4S. The second kappa shape index (κ2) is 6.78. The third-order valence-electron chi connectivity index (χ3n) is 4.15. The van der Waals surface area contributed by atoms with Crippen molar-refractivity contribution in [3.63, 3.8) is 0 Å². The number of furan rings is 1. The molecule has 2 heterocycles. The molecule has 0 spiro atoms. The maximum atomic E-state index is 12.4. The zero-order valence-electron chi connectivity index (χ0n) is 13.5. The van der Waals surface area contributed by atoms with Crippen molar-refractivity contribution < 1.29 is 17.6 Å². The molecule has 0 radical (unpaired) electrons. The van der Waals surface area contributed by atoms with Gasteiger partial charge in [0.1, 0.15) is 0 Å². The van der Waals surface area contributed by atoms with Gasteiger partial charge in [-0.15, -0.1) is 0 Å². The minimum Gasteiger partial charge on any atom is -0.459 e. The highest BCUT2D eigenvalue weighted by Crippen LogP contribution is 2.21. The van der Waals surface area contributed by atoms with Crippen LogP contribution >= 0.6 is 0 Å². The molecule has 0 bridgehead atoms. The number of aryl methyl sites for hydroxylation is 1. The molecule has 1 N–H and O–H groups in total. The Morgan fingerprint density at radius 2 is 1.83 bits per heavy atom. The van der Waals surface area contributed by atoms with Crippen LogP contribution in [0.3, 0.4) is 0 Å². The minimum atomic E-state index is -3.40. The fraction of sp³-hybridized carbons (Fsp3) is 0.353. The van der Waals surface area contributed by atoms with Crippen molar-refractivity contribution in [1.82, 2.24) is 9.62 Å². The number of nitrogens with zero attached hydrogens (tertiary/aromatic N) is 1.